The molecule has 0 saturated heterocycles. The molecule has 0 saturated carbocycles. The molecule has 2 aromatic carbocycles. The summed E-state index contributed by atoms with van der Waals surface area (Å²) in [7, 11) is 0. The number of aliphatic hydroxyl groups is 1. The zero-order valence-electron chi connectivity index (χ0n) is 28.2. The van der Waals surface area contributed by atoms with Gasteiger partial charge in [0.05, 0.1) is 6.10 Å². The van der Waals surface area contributed by atoms with E-state index in [1.807, 2.05) is 88.4 Å². The van der Waals surface area contributed by atoms with Crippen LogP contribution in [-0.4, -0.2) is 57.3 Å². The number of ether oxygens (including phenoxy) is 2. The van der Waals surface area contributed by atoms with Gasteiger partial charge in [-0.25, -0.2) is 0 Å². The zero-order valence-corrected chi connectivity index (χ0v) is 28.2. The van der Waals surface area contributed by atoms with Gasteiger partial charge in [-0.2, -0.15) is 0 Å². The standard InChI is InChI=1S/C39H48N4O5/c1-27(2)35(38(45)47-25-31-15-19-40-20-16-31)42-33(23-29-11-7-5-8-12-29)37(44)34(24-30-13-9-6-10-14-30)43-36(28(3)4)39(46)48-26-32-17-21-41-22-18-32/h5-22,27-28,33-37,42-44H,23-26H2,1-4H3/t33-,34-,35-,36-/m0/s1. The predicted molar refractivity (Wildman–Crippen MR) is 185 cm³/mol. The highest BCUT2D eigenvalue weighted by Gasteiger charge is 2.36. The fourth-order valence-corrected chi connectivity index (χ4v) is 5.55. The third-order valence-electron chi connectivity index (χ3n) is 8.31. The Morgan fingerprint density at radius 3 is 1.27 bits per heavy atom. The first kappa shape index (κ1) is 36.4. The monoisotopic (exact) mass is 652 g/mol. The Hall–Kier alpha value is -4.44. The molecule has 0 radical (unpaired) electrons. The Morgan fingerprint density at radius 2 is 0.938 bits per heavy atom. The Balaban J connectivity index is 1.60. The van der Waals surface area contributed by atoms with E-state index in [1.165, 1.54) is 0 Å². The van der Waals surface area contributed by atoms with Gasteiger partial charge in [-0.3, -0.25) is 30.2 Å². The second-order valence-electron chi connectivity index (χ2n) is 12.8. The van der Waals surface area contributed by atoms with E-state index in [-0.39, 0.29) is 25.0 Å². The van der Waals surface area contributed by atoms with Crippen LogP contribution < -0.4 is 10.6 Å². The van der Waals surface area contributed by atoms with E-state index in [1.54, 1.807) is 49.1 Å². The number of carbonyl (C=O) groups excluding carboxylic acids is 2. The Kier molecular flexibility index (Phi) is 14.2. The highest BCUT2D eigenvalue weighted by Crippen LogP contribution is 2.19. The SMILES string of the molecule is CC(C)[C@H](N[C@@H](Cc1ccccc1)C(O)[C@H](Cc1ccccc1)N[C@H](C(=O)OCc1ccncc1)C(C)C)C(=O)OCc1ccncc1. The van der Waals surface area contributed by atoms with Crippen LogP contribution >= 0.6 is 0 Å². The van der Waals surface area contributed by atoms with E-state index in [9.17, 15) is 14.7 Å². The largest absolute Gasteiger partial charge is 0.460 e. The molecule has 0 aliphatic heterocycles. The summed E-state index contributed by atoms with van der Waals surface area (Å²) in [6.07, 6.45) is 6.50. The van der Waals surface area contributed by atoms with Crippen molar-refractivity contribution in [3.8, 4) is 0 Å². The van der Waals surface area contributed by atoms with Crippen molar-refractivity contribution >= 4 is 11.9 Å². The summed E-state index contributed by atoms with van der Waals surface area (Å²) in [4.78, 5) is 35.1. The summed E-state index contributed by atoms with van der Waals surface area (Å²) < 4.78 is 11.5. The first-order valence-corrected chi connectivity index (χ1v) is 16.6. The Morgan fingerprint density at radius 1 is 0.583 bits per heavy atom. The van der Waals surface area contributed by atoms with Crippen LogP contribution in [-0.2, 0) is 45.1 Å². The van der Waals surface area contributed by atoms with Crippen molar-refractivity contribution in [1.29, 1.82) is 0 Å². The number of pyridine rings is 2. The van der Waals surface area contributed by atoms with E-state index in [4.69, 9.17) is 9.47 Å². The van der Waals surface area contributed by atoms with E-state index in [2.05, 4.69) is 20.6 Å². The molecule has 48 heavy (non-hydrogen) atoms. The highest BCUT2D eigenvalue weighted by molar-refractivity contribution is 5.76. The molecule has 3 N–H and O–H groups in total. The van der Waals surface area contributed by atoms with Crippen molar-refractivity contribution in [1.82, 2.24) is 20.6 Å². The summed E-state index contributed by atoms with van der Waals surface area (Å²) in [6.45, 7) is 8.03. The van der Waals surface area contributed by atoms with Gasteiger partial charge in [0.1, 0.15) is 25.3 Å². The summed E-state index contributed by atoms with van der Waals surface area (Å²) in [5.74, 6) is -1.07. The number of aliphatic hydroxyl groups excluding tert-OH is 1. The number of benzene rings is 2. The quantitative estimate of drug-likeness (QED) is 0.126. The van der Waals surface area contributed by atoms with Crippen molar-refractivity contribution in [3.05, 3.63) is 132 Å². The number of hydrogen-bond donors (Lipinski definition) is 3. The second kappa shape index (κ2) is 18.8. The first-order valence-electron chi connectivity index (χ1n) is 16.6. The fourth-order valence-electron chi connectivity index (χ4n) is 5.55. The fraction of sp³-hybridized carbons (Fsp3) is 0.385. The Bertz CT molecular complexity index is 1390. The molecular weight excluding hydrogens is 604 g/mol. The average molecular weight is 653 g/mol. The van der Waals surface area contributed by atoms with Gasteiger partial charge in [-0.05, 0) is 71.2 Å². The number of rotatable bonds is 18. The van der Waals surface area contributed by atoms with Crippen molar-refractivity contribution in [2.75, 3.05) is 0 Å². The molecule has 0 aliphatic carbocycles. The minimum absolute atomic E-state index is 0.119. The van der Waals surface area contributed by atoms with Crippen LogP contribution in [0, 0.1) is 11.8 Å². The molecule has 0 spiro atoms. The summed E-state index contributed by atoms with van der Waals surface area (Å²) in [5.41, 5.74) is 3.67. The van der Waals surface area contributed by atoms with Gasteiger partial charge in [0.25, 0.3) is 0 Å². The molecule has 0 aliphatic rings. The molecule has 0 bridgehead atoms. The van der Waals surface area contributed by atoms with Crippen molar-refractivity contribution in [3.63, 3.8) is 0 Å². The molecule has 4 aromatic rings. The maximum absolute atomic E-state index is 13.5. The average Bonchev–Trinajstić information content (AvgIpc) is 3.10. The van der Waals surface area contributed by atoms with Crippen LogP contribution in [0.2, 0.25) is 0 Å². The molecule has 4 rings (SSSR count). The van der Waals surface area contributed by atoms with Gasteiger partial charge in [0.2, 0.25) is 0 Å². The number of esters is 2. The van der Waals surface area contributed by atoms with Crippen LogP contribution in [0.1, 0.15) is 49.9 Å². The van der Waals surface area contributed by atoms with Gasteiger partial charge in [0.15, 0.2) is 0 Å². The lowest BCUT2D eigenvalue weighted by Crippen LogP contribution is -2.60. The highest BCUT2D eigenvalue weighted by atomic mass is 16.5. The number of nitrogens with zero attached hydrogens (tertiary/aromatic N) is 2. The number of aromatic nitrogens is 2. The van der Waals surface area contributed by atoms with Crippen LogP contribution in [0.25, 0.3) is 0 Å². The molecule has 2 aromatic heterocycles. The van der Waals surface area contributed by atoms with Gasteiger partial charge in [0, 0.05) is 36.9 Å². The third kappa shape index (κ3) is 11.4. The Labute approximate surface area is 284 Å². The molecule has 9 nitrogen and oxygen atoms in total. The minimum atomic E-state index is -1.02. The lowest BCUT2D eigenvalue weighted by Gasteiger charge is -2.36. The van der Waals surface area contributed by atoms with Crippen LogP contribution in [0.3, 0.4) is 0 Å². The van der Waals surface area contributed by atoms with Crippen molar-refractivity contribution in [2.24, 2.45) is 11.8 Å². The van der Waals surface area contributed by atoms with Crippen LogP contribution in [0.4, 0.5) is 0 Å². The lowest BCUT2D eigenvalue weighted by molar-refractivity contribution is -0.149. The van der Waals surface area contributed by atoms with Crippen molar-refractivity contribution in [2.45, 2.75) is 84.0 Å². The van der Waals surface area contributed by atoms with E-state index >= 15 is 0 Å². The first-order chi connectivity index (χ1) is 23.2. The maximum atomic E-state index is 13.5. The molecule has 9 heteroatoms. The molecule has 0 fully saturated rings. The second-order valence-corrected chi connectivity index (χ2v) is 12.8. The number of nitrogens with one attached hydrogen (secondary N) is 2. The summed E-state index contributed by atoms with van der Waals surface area (Å²) >= 11 is 0. The predicted octanol–water partition coefficient (Wildman–Crippen LogP) is 5.08. The normalized spacial score (nSPS) is 14.0. The molecule has 254 valence electrons. The molecule has 0 amide bonds. The third-order valence-corrected chi connectivity index (χ3v) is 8.31. The van der Waals surface area contributed by atoms with Gasteiger partial charge >= 0.3 is 11.9 Å². The molecular formula is C39H48N4O5. The van der Waals surface area contributed by atoms with E-state index in [0.717, 1.165) is 22.3 Å². The number of hydrogen-bond acceptors (Lipinski definition) is 9. The number of carbonyl (C=O) groups is 2. The van der Waals surface area contributed by atoms with Gasteiger partial charge in [-0.15, -0.1) is 0 Å². The van der Waals surface area contributed by atoms with Gasteiger partial charge < -0.3 is 14.6 Å². The van der Waals surface area contributed by atoms with E-state index in [0.29, 0.717) is 12.8 Å². The maximum Gasteiger partial charge on any atom is 0.323 e. The summed E-state index contributed by atoms with van der Waals surface area (Å²) in [6, 6.07) is 24.4. The zero-order chi connectivity index (χ0) is 34.3. The van der Waals surface area contributed by atoms with Crippen LogP contribution in [0.15, 0.2) is 110 Å². The lowest BCUT2D eigenvalue weighted by atomic mass is 9.89. The van der Waals surface area contributed by atoms with Gasteiger partial charge in [-0.1, -0.05) is 88.4 Å². The van der Waals surface area contributed by atoms with Crippen LogP contribution in [0.5, 0.6) is 0 Å². The van der Waals surface area contributed by atoms with E-state index < -0.39 is 42.2 Å². The summed E-state index contributed by atoms with van der Waals surface area (Å²) in [5, 5.41) is 19.3. The van der Waals surface area contributed by atoms with Crippen molar-refractivity contribution < 1.29 is 24.2 Å². The molecule has 0 unspecified atom stereocenters. The minimum Gasteiger partial charge on any atom is -0.460 e. The topological polar surface area (TPSA) is 123 Å². The smallest absolute Gasteiger partial charge is 0.323 e. The molecule has 4 atom stereocenters. The molecule has 2 heterocycles.